The van der Waals surface area contributed by atoms with Gasteiger partial charge in [-0.15, -0.1) is 0 Å². The second-order valence-electron chi connectivity index (χ2n) is 8.17. The first-order valence-electron chi connectivity index (χ1n) is 9.99. The quantitative estimate of drug-likeness (QED) is 0.531. The molecule has 3 rings (SSSR count). The van der Waals surface area contributed by atoms with Crippen LogP contribution in [0.25, 0.3) is 0 Å². The van der Waals surface area contributed by atoms with Crippen molar-refractivity contribution in [2.75, 3.05) is 27.2 Å². The van der Waals surface area contributed by atoms with Gasteiger partial charge in [0.05, 0.1) is 5.92 Å². The monoisotopic (exact) mass is 542 g/mol. The Labute approximate surface area is 193 Å². The fourth-order valence-electron chi connectivity index (χ4n) is 4.75. The molecule has 2 aromatic rings. The van der Waals surface area contributed by atoms with Crippen LogP contribution in [0.5, 0.6) is 0 Å². The molecule has 3 nitrogen and oxygen atoms in total. The van der Waals surface area contributed by atoms with Crippen LogP contribution in [0.2, 0.25) is 0 Å². The van der Waals surface area contributed by atoms with Gasteiger partial charge in [0.15, 0.2) is 11.6 Å². The zero-order valence-electron chi connectivity index (χ0n) is 17.3. The molecular weight excluding hydrogens is 518 g/mol. The molecular formula is C23H26Br2F2N2O. The van der Waals surface area contributed by atoms with E-state index in [4.69, 9.17) is 0 Å². The highest BCUT2D eigenvalue weighted by molar-refractivity contribution is 9.11. The van der Waals surface area contributed by atoms with Crippen molar-refractivity contribution in [3.63, 3.8) is 0 Å². The van der Waals surface area contributed by atoms with Gasteiger partial charge in [-0.05, 0) is 80.4 Å². The van der Waals surface area contributed by atoms with Crippen LogP contribution in [0.3, 0.4) is 0 Å². The number of carbonyl (C=O) groups is 1. The average molecular weight is 544 g/mol. The van der Waals surface area contributed by atoms with Crippen LogP contribution in [0.1, 0.15) is 36.8 Å². The Morgan fingerprint density at radius 1 is 1.07 bits per heavy atom. The van der Waals surface area contributed by atoms with E-state index in [2.05, 4.69) is 42.1 Å². The van der Waals surface area contributed by atoms with Crippen LogP contribution in [0.15, 0.2) is 45.3 Å². The standard InChI is InChI=1S/C23H26Br2F2N2O/c1-14(15-10-17(24)13-18(25)11-15)21(22(30)28-2)23(6-8-29(3)9-7-23)16-4-5-19(26)20(27)12-16/h4-5,10-14,21H,6-9H2,1-3H3,(H,28,30). The molecule has 30 heavy (non-hydrogen) atoms. The van der Waals surface area contributed by atoms with Crippen molar-refractivity contribution in [1.82, 2.24) is 10.2 Å². The Hall–Kier alpha value is -1.31. The minimum atomic E-state index is -0.876. The lowest BCUT2D eigenvalue weighted by molar-refractivity contribution is -0.128. The third kappa shape index (κ3) is 4.63. The molecule has 0 spiro atoms. The molecule has 0 aromatic heterocycles. The molecule has 1 saturated heterocycles. The smallest absolute Gasteiger partial charge is 0.224 e. The lowest BCUT2D eigenvalue weighted by atomic mass is 9.59. The highest BCUT2D eigenvalue weighted by atomic mass is 79.9. The van der Waals surface area contributed by atoms with E-state index in [1.807, 2.05) is 32.2 Å². The average Bonchev–Trinajstić information content (AvgIpc) is 2.70. The fourth-order valence-corrected chi connectivity index (χ4v) is 6.07. The maximum absolute atomic E-state index is 14.3. The number of piperidine rings is 1. The Bertz CT molecular complexity index is 909. The molecule has 2 aromatic carbocycles. The summed E-state index contributed by atoms with van der Waals surface area (Å²) in [6.45, 7) is 3.59. The molecule has 1 amide bonds. The van der Waals surface area contributed by atoms with Crippen LogP contribution in [-0.2, 0) is 10.2 Å². The largest absolute Gasteiger partial charge is 0.359 e. The number of nitrogens with one attached hydrogen (secondary N) is 1. The molecule has 162 valence electrons. The molecule has 2 atom stereocenters. The Morgan fingerprint density at radius 2 is 1.67 bits per heavy atom. The van der Waals surface area contributed by atoms with Gasteiger partial charge in [0.2, 0.25) is 5.91 Å². The van der Waals surface area contributed by atoms with Gasteiger partial charge in [0.1, 0.15) is 0 Å². The van der Waals surface area contributed by atoms with E-state index < -0.39 is 23.0 Å². The van der Waals surface area contributed by atoms with Crippen LogP contribution < -0.4 is 5.32 Å². The lowest BCUT2D eigenvalue weighted by Gasteiger charge is -2.47. The summed E-state index contributed by atoms with van der Waals surface area (Å²) >= 11 is 7.07. The van der Waals surface area contributed by atoms with E-state index in [1.54, 1.807) is 13.1 Å². The number of hydrogen-bond acceptors (Lipinski definition) is 2. The molecule has 1 N–H and O–H groups in total. The zero-order chi connectivity index (χ0) is 22.1. The zero-order valence-corrected chi connectivity index (χ0v) is 20.5. The Kier molecular flexibility index (Phi) is 7.36. The van der Waals surface area contributed by atoms with Crippen molar-refractivity contribution in [3.05, 3.63) is 68.1 Å². The lowest BCUT2D eigenvalue weighted by Crippen LogP contribution is -2.52. The number of likely N-dealkylation sites (tertiary alicyclic amines) is 1. The summed E-state index contributed by atoms with van der Waals surface area (Å²) in [5, 5.41) is 2.83. The van der Waals surface area contributed by atoms with E-state index >= 15 is 0 Å². The fraction of sp³-hybridized carbons (Fsp3) is 0.435. The van der Waals surface area contributed by atoms with Crippen molar-refractivity contribution in [1.29, 1.82) is 0 Å². The predicted octanol–water partition coefficient (Wildman–Crippen LogP) is 5.62. The summed E-state index contributed by atoms with van der Waals surface area (Å²) in [6.07, 6.45) is 1.37. The summed E-state index contributed by atoms with van der Waals surface area (Å²) in [6, 6.07) is 10.1. The van der Waals surface area contributed by atoms with Crippen molar-refractivity contribution < 1.29 is 13.6 Å². The first-order chi connectivity index (χ1) is 14.2. The van der Waals surface area contributed by atoms with E-state index in [0.29, 0.717) is 18.4 Å². The summed E-state index contributed by atoms with van der Waals surface area (Å²) in [5.74, 6) is -2.42. The third-order valence-electron chi connectivity index (χ3n) is 6.41. The Morgan fingerprint density at radius 3 is 2.20 bits per heavy atom. The molecule has 7 heteroatoms. The van der Waals surface area contributed by atoms with Gasteiger partial charge < -0.3 is 10.2 Å². The number of benzene rings is 2. The summed E-state index contributed by atoms with van der Waals surface area (Å²) in [5.41, 5.74) is 1.09. The summed E-state index contributed by atoms with van der Waals surface area (Å²) < 4.78 is 29.8. The highest BCUT2D eigenvalue weighted by Crippen LogP contribution is 2.48. The second kappa shape index (κ2) is 9.45. The molecule has 1 aliphatic rings. The van der Waals surface area contributed by atoms with Crippen molar-refractivity contribution >= 4 is 37.8 Å². The van der Waals surface area contributed by atoms with Gasteiger partial charge in [0.25, 0.3) is 0 Å². The van der Waals surface area contributed by atoms with Crippen LogP contribution >= 0.6 is 31.9 Å². The topological polar surface area (TPSA) is 32.3 Å². The molecule has 0 radical (unpaired) electrons. The van der Waals surface area contributed by atoms with E-state index in [-0.39, 0.29) is 11.8 Å². The SMILES string of the molecule is CNC(=O)C(C(C)c1cc(Br)cc(Br)c1)C1(c2ccc(F)c(F)c2)CCN(C)CC1. The van der Waals surface area contributed by atoms with Gasteiger partial charge in [-0.2, -0.15) is 0 Å². The summed E-state index contributed by atoms with van der Waals surface area (Å²) in [7, 11) is 3.67. The first kappa shape index (κ1) is 23.4. The molecule has 0 saturated carbocycles. The molecule has 1 heterocycles. The summed E-state index contributed by atoms with van der Waals surface area (Å²) in [4.78, 5) is 15.5. The van der Waals surface area contributed by atoms with E-state index in [9.17, 15) is 13.6 Å². The van der Waals surface area contributed by atoms with E-state index in [1.165, 1.54) is 12.1 Å². The minimum absolute atomic E-state index is 0.0899. The van der Waals surface area contributed by atoms with Crippen LogP contribution in [0, 0.1) is 17.6 Å². The van der Waals surface area contributed by atoms with Crippen LogP contribution in [0.4, 0.5) is 8.78 Å². The van der Waals surface area contributed by atoms with Crippen molar-refractivity contribution in [2.24, 2.45) is 5.92 Å². The normalized spacial score (nSPS) is 18.6. The van der Waals surface area contributed by atoms with Gasteiger partial charge in [-0.3, -0.25) is 4.79 Å². The van der Waals surface area contributed by atoms with Gasteiger partial charge in [-0.1, -0.05) is 44.8 Å². The molecule has 0 bridgehead atoms. The van der Waals surface area contributed by atoms with Crippen molar-refractivity contribution in [3.8, 4) is 0 Å². The number of rotatable bonds is 5. The van der Waals surface area contributed by atoms with Crippen molar-refractivity contribution in [2.45, 2.75) is 31.1 Å². The number of hydrogen-bond donors (Lipinski definition) is 1. The number of nitrogens with zero attached hydrogens (tertiary/aromatic N) is 1. The molecule has 2 unspecified atom stereocenters. The highest BCUT2D eigenvalue weighted by Gasteiger charge is 2.48. The van der Waals surface area contributed by atoms with Gasteiger partial charge >= 0.3 is 0 Å². The molecule has 1 fully saturated rings. The predicted molar refractivity (Wildman–Crippen MR) is 123 cm³/mol. The number of amides is 1. The van der Waals surface area contributed by atoms with Gasteiger partial charge in [0, 0.05) is 21.4 Å². The maximum atomic E-state index is 14.3. The second-order valence-corrected chi connectivity index (χ2v) is 10.0. The maximum Gasteiger partial charge on any atom is 0.224 e. The number of carbonyl (C=O) groups excluding carboxylic acids is 1. The third-order valence-corrected chi connectivity index (χ3v) is 7.32. The molecule has 1 aliphatic heterocycles. The molecule has 0 aliphatic carbocycles. The van der Waals surface area contributed by atoms with Gasteiger partial charge in [-0.25, -0.2) is 8.78 Å². The Balaban J connectivity index is 2.17. The van der Waals surface area contributed by atoms with E-state index in [0.717, 1.165) is 27.6 Å². The minimum Gasteiger partial charge on any atom is -0.359 e. The van der Waals surface area contributed by atoms with Crippen LogP contribution in [-0.4, -0.2) is 38.0 Å². The first-order valence-corrected chi connectivity index (χ1v) is 11.6. The number of halogens is 4.